The molecule has 0 bridgehead atoms. The average molecular weight is 296 g/mol. The third-order valence-corrected chi connectivity index (χ3v) is 4.32. The molecule has 2 N–H and O–H groups in total. The number of carbonyl (C=O) groups excluding carboxylic acids is 1. The quantitative estimate of drug-likeness (QED) is 0.839. The van der Waals surface area contributed by atoms with Crippen molar-refractivity contribution in [2.75, 3.05) is 18.6 Å². The van der Waals surface area contributed by atoms with Crippen LogP contribution in [0.4, 0.5) is 0 Å². The molecule has 6 heteroatoms. The molecule has 20 heavy (non-hydrogen) atoms. The van der Waals surface area contributed by atoms with Crippen molar-refractivity contribution >= 4 is 15.7 Å². The molecule has 110 valence electrons. The highest BCUT2D eigenvalue weighted by atomic mass is 32.2. The third-order valence-electron chi connectivity index (χ3n) is 3.40. The zero-order chi connectivity index (χ0) is 14.8. The maximum absolute atomic E-state index is 12.4. The monoisotopic (exact) mass is 296 g/mol. The van der Waals surface area contributed by atoms with E-state index in [4.69, 9.17) is 5.73 Å². The van der Waals surface area contributed by atoms with Crippen LogP contribution in [0.15, 0.2) is 30.3 Å². The van der Waals surface area contributed by atoms with E-state index in [1.54, 1.807) is 4.90 Å². The van der Waals surface area contributed by atoms with Crippen molar-refractivity contribution in [3.05, 3.63) is 35.9 Å². The van der Waals surface area contributed by atoms with Gasteiger partial charge >= 0.3 is 0 Å². The zero-order valence-corrected chi connectivity index (χ0v) is 12.3. The first-order chi connectivity index (χ1) is 9.38. The number of rotatable bonds is 6. The molecule has 1 saturated carbocycles. The Morgan fingerprint density at radius 2 is 1.95 bits per heavy atom. The minimum absolute atomic E-state index is 0.0171. The summed E-state index contributed by atoms with van der Waals surface area (Å²) in [5, 5.41) is 0. The van der Waals surface area contributed by atoms with Gasteiger partial charge in [0.05, 0.1) is 5.75 Å². The molecule has 0 aliphatic heterocycles. The molecule has 1 aromatic carbocycles. The molecule has 5 nitrogen and oxygen atoms in total. The van der Waals surface area contributed by atoms with E-state index in [-0.39, 0.29) is 24.2 Å². The minimum Gasteiger partial charge on any atom is -0.337 e. The van der Waals surface area contributed by atoms with Crippen molar-refractivity contribution in [1.82, 2.24) is 4.90 Å². The molecular weight excluding hydrogens is 276 g/mol. The lowest BCUT2D eigenvalue weighted by Gasteiger charge is -2.25. The lowest BCUT2D eigenvalue weighted by atomic mass is 10.1. The molecule has 0 unspecified atom stereocenters. The molecule has 0 spiro atoms. The van der Waals surface area contributed by atoms with E-state index >= 15 is 0 Å². The van der Waals surface area contributed by atoms with Crippen LogP contribution in [0.25, 0.3) is 0 Å². The topological polar surface area (TPSA) is 80.5 Å². The molecule has 0 heterocycles. The Kier molecular flexibility index (Phi) is 4.45. The molecule has 1 amide bonds. The van der Waals surface area contributed by atoms with Gasteiger partial charge in [0, 0.05) is 18.8 Å². The van der Waals surface area contributed by atoms with Crippen LogP contribution in [0.2, 0.25) is 0 Å². The maximum Gasteiger partial charge on any atom is 0.244 e. The summed E-state index contributed by atoms with van der Waals surface area (Å²) in [6.07, 6.45) is 3.04. The Hall–Kier alpha value is -1.40. The maximum atomic E-state index is 12.4. The second-order valence-electron chi connectivity index (χ2n) is 5.28. The molecule has 0 saturated heterocycles. The Bertz CT molecular complexity index is 567. The Morgan fingerprint density at radius 1 is 1.35 bits per heavy atom. The molecule has 1 aliphatic carbocycles. The van der Waals surface area contributed by atoms with Gasteiger partial charge < -0.3 is 10.6 Å². The van der Waals surface area contributed by atoms with Crippen molar-refractivity contribution in [2.45, 2.75) is 24.9 Å². The highest BCUT2D eigenvalue weighted by molar-refractivity contribution is 7.90. The molecule has 1 aromatic rings. The van der Waals surface area contributed by atoms with Crippen LogP contribution >= 0.6 is 0 Å². The summed E-state index contributed by atoms with van der Waals surface area (Å²) in [5.41, 5.74) is 6.76. The van der Waals surface area contributed by atoms with Gasteiger partial charge in [-0.1, -0.05) is 30.3 Å². The molecular formula is C14H20N2O3S. The van der Waals surface area contributed by atoms with Gasteiger partial charge in [0.2, 0.25) is 5.91 Å². The van der Waals surface area contributed by atoms with Crippen LogP contribution in [0, 0.1) is 0 Å². The summed E-state index contributed by atoms with van der Waals surface area (Å²) in [4.78, 5) is 14.1. The van der Waals surface area contributed by atoms with E-state index in [0.29, 0.717) is 0 Å². The van der Waals surface area contributed by atoms with Gasteiger partial charge in [-0.05, 0) is 18.4 Å². The van der Waals surface area contributed by atoms with Gasteiger partial charge in [0.25, 0.3) is 0 Å². The van der Waals surface area contributed by atoms with E-state index < -0.39 is 15.9 Å². The van der Waals surface area contributed by atoms with Gasteiger partial charge in [-0.3, -0.25) is 4.79 Å². The Morgan fingerprint density at radius 3 is 2.45 bits per heavy atom. The van der Waals surface area contributed by atoms with Crippen molar-refractivity contribution in [2.24, 2.45) is 5.73 Å². The largest absolute Gasteiger partial charge is 0.337 e. The lowest BCUT2D eigenvalue weighted by molar-refractivity contribution is -0.133. The van der Waals surface area contributed by atoms with E-state index in [9.17, 15) is 13.2 Å². The second-order valence-corrected chi connectivity index (χ2v) is 7.54. The highest BCUT2D eigenvalue weighted by Gasteiger charge is 2.35. The first-order valence-electron chi connectivity index (χ1n) is 6.67. The summed E-state index contributed by atoms with van der Waals surface area (Å²) in [5.74, 6) is -0.209. The number of benzene rings is 1. The minimum atomic E-state index is -3.08. The summed E-state index contributed by atoms with van der Waals surface area (Å²) in [6, 6.07) is 8.58. The molecule has 2 rings (SSSR count). The van der Waals surface area contributed by atoms with Crippen molar-refractivity contribution < 1.29 is 13.2 Å². The number of sulfone groups is 1. The normalized spacial score (nSPS) is 16.7. The van der Waals surface area contributed by atoms with Crippen molar-refractivity contribution in [1.29, 1.82) is 0 Å². The van der Waals surface area contributed by atoms with Crippen LogP contribution in [0.5, 0.6) is 0 Å². The zero-order valence-electron chi connectivity index (χ0n) is 11.5. The number of nitrogens with two attached hydrogens (primary N) is 1. The van der Waals surface area contributed by atoms with E-state index in [1.807, 2.05) is 30.3 Å². The second kappa shape index (κ2) is 5.93. The predicted octanol–water partition coefficient (Wildman–Crippen LogP) is 0.722. The number of amides is 1. The van der Waals surface area contributed by atoms with Gasteiger partial charge in [-0.15, -0.1) is 0 Å². The third kappa shape index (κ3) is 4.05. The van der Waals surface area contributed by atoms with Gasteiger partial charge in [0.1, 0.15) is 15.9 Å². The van der Waals surface area contributed by atoms with Crippen LogP contribution in [0.3, 0.4) is 0 Å². The van der Waals surface area contributed by atoms with E-state index in [1.165, 1.54) is 6.26 Å². The summed E-state index contributed by atoms with van der Waals surface area (Å²) in [7, 11) is -3.08. The fraction of sp³-hybridized carbons (Fsp3) is 0.500. The van der Waals surface area contributed by atoms with E-state index in [0.717, 1.165) is 18.4 Å². The first-order valence-corrected chi connectivity index (χ1v) is 8.73. The van der Waals surface area contributed by atoms with Gasteiger partial charge in [-0.2, -0.15) is 0 Å². The first kappa shape index (κ1) is 15.0. The van der Waals surface area contributed by atoms with Crippen LogP contribution in [-0.4, -0.2) is 43.8 Å². The smallest absolute Gasteiger partial charge is 0.244 e. The average Bonchev–Trinajstić information content (AvgIpc) is 3.22. The molecule has 0 radical (unpaired) electrons. The standard InChI is InChI=1S/C14H20N2O3S/c1-20(18,19)10-9-16(12-7-8-12)14(17)13(15)11-5-3-2-4-6-11/h2-6,12-13H,7-10,15H2,1H3/t13-/m1/s1. The number of nitrogens with zero attached hydrogens (tertiary/aromatic N) is 1. The summed E-state index contributed by atoms with van der Waals surface area (Å²) < 4.78 is 22.5. The lowest BCUT2D eigenvalue weighted by Crippen LogP contribution is -2.42. The number of carbonyl (C=O) groups is 1. The van der Waals surface area contributed by atoms with Gasteiger partial charge in [-0.25, -0.2) is 8.42 Å². The number of hydrogen-bond donors (Lipinski definition) is 1. The predicted molar refractivity (Wildman–Crippen MR) is 77.8 cm³/mol. The molecule has 0 aromatic heterocycles. The fourth-order valence-corrected chi connectivity index (χ4v) is 2.63. The summed E-state index contributed by atoms with van der Waals surface area (Å²) >= 11 is 0. The molecule has 1 fully saturated rings. The fourth-order valence-electron chi connectivity index (χ4n) is 2.10. The summed E-state index contributed by atoms with van der Waals surface area (Å²) in [6.45, 7) is 0.225. The number of hydrogen-bond acceptors (Lipinski definition) is 4. The highest BCUT2D eigenvalue weighted by Crippen LogP contribution is 2.29. The molecule has 1 atom stereocenters. The van der Waals surface area contributed by atoms with E-state index in [2.05, 4.69) is 0 Å². The van der Waals surface area contributed by atoms with Crippen LogP contribution < -0.4 is 5.73 Å². The Balaban J connectivity index is 2.07. The van der Waals surface area contributed by atoms with Gasteiger partial charge in [0.15, 0.2) is 0 Å². The molecule has 1 aliphatic rings. The van der Waals surface area contributed by atoms with Crippen molar-refractivity contribution in [3.63, 3.8) is 0 Å². The Labute approximate surface area is 119 Å². The van der Waals surface area contributed by atoms with Crippen molar-refractivity contribution in [3.8, 4) is 0 Å². The van der Waals surface area contributed by atoms with Crippen LogP contribution in [-0.2, 0) is 14.6 Å². The SMILES string of the molecule is CS(=O)(=O)CCN(C(=O)[C@H](N)c1ccccc1)C1CC1. The van der Waals surface area contributed by atoms with Crippen LogP contribution in [0.1, 0.15) is 24.4 Å².